The van der Waals surface area contributed by atoms with Crippen molar-refractivity contribution in [1.82, 2.24) is 4.90 Å². The molecule has 1 rings (SSSR count). The zero-order chi connectivity index (χ0) is 8.48. The lowest BCUT2D eigenvalue weighted by atomic mass is 10.0. The van der Waals surface area contributed by atoms with Crippen molar-refractivity contribution >= 4 is 6.03 Å². The van der Waals surface area contributed by atoms with Gasteiger partial charge in [0, 0.05) is 6.54 Å². The highest BCUT2D eigenvalue weighted by atomic mass is 16.3. The minimum atomic E-state index is -0.431. The summed E-state index contributed by atoms with van der Waals surface area (Å²) in [6.07, 6.45) is 1.77. The molecule has 1 fully saturated rings. The number of primary amides is 1. The van der Waals surface area contributed by atoms with Gasteiger partial charge in [-0.3, -0.25) is 0 Å². The van der Waals surface area contributed by atoms with Crippen LogP contribution in [-0.4, -0.2) is 34.7 Å². The predicted molar refractivity (Wildman–Crippen MR) is 41.0 cm³/mol. The topological polar surface area (TPSA) is 66.6 Å². The number of carbonyl (C=O) groups is 1. The summed E-state index contributed by atoms with van der Waals surface area (Å²) in [4.78, 5) is 12.3. The molecule has 1 atom stereocenters. The second-order valence-corrected chi connectivity index (χ2v) is 3.25. The van der Waals surface area contributed by atoms with Gasteiger partial charge in [0.1, 0.15) is 0 Å². The molecule has 0 radical (unpaired) electrons. The first-order chi connectivity index (χ1) is 5.10. The van der Waals surface area contributed by atoms with Gasteiger partial charge in [-0.15, -0.1) is 0 Å². The number of hydrogen-bond acceptors (Lipinski definition) is 2. The molecule has 2 amide bonds. The van der Waals surface area contributed by atoms with Gasteiger partial charge in [-0.25, -0.2) is 4.79 Å². The largest absolute Gasteiger partial charge is 0.394 e. The van der Waals surface area contributed by atoms with Crippen LogP contribution in [-0.2, 0) is 0 Å². The van der Waals surface area contributed by atoms with Gasteiger partial charge in [0.05, 0.1) is 12.1 Å². The van der Waals surface area contributed by atoms with Crippen LogP contribution >= 0.6 is 0 Å². The predicted octanol–water partition coefficient (Wildman–Crippen LogP) is -0.0881. The Kier molecular flexibility index (Phi) is 2.04. The lowest BCUT2D eigenvalue weighted by Gasteiger charge is -2.31. The Morgan fingerprint density at radius 3 is 2.82 bits per heavy atom. The maximum atomic E-state index is 10.8. The minimum Gasteiger partial charge on any atom is -0.394 e. The maximum absolute atomic E-state index is 10.8. The fourth-order valence-electron chi connectivity index (χ4n) is 1.56. The molecule has 1 aliphatic heterocycles. The van der Waals surface area contributed by atoms with Crippen LogP contribution in [0, 0.1) is 0 Å². The van der Waals surface area contributed by atoms with Crippen molar-refractivity contribution in [1.29, 1.82) is 0 Å². The number of aliphatic hydroxyl groups is 1. The quantitative estimate of drug-likeness (QED) is 0.560. The Bertz CT molecular complexity index is 172. The number of urea groups is 1. The fraction of sp³-hybridized carbons (Fsp3) is 0.857. The van der Waals surface area contributed by atoms with E-state index in [1.54, 1.807) is 0 Å². The summed E-state index contributed by atoms with van der Waals surface area (Å²) in [5.74, 6) is 0. The van der Waals surface area contributed by atoms with E-state index in [9.17, 15) is 4.79 Å². The third kappa shape index (κ3) is 1.30. The summed E-state index contributed by atoms with van der Waals surface area (Å²) < 4.78 is 0. The molecular formula is C7H14N2O2. The number of nitrogens with zero attached hydrogens (tertiary/aromatic N) is 1. The summed E-state index contributed by atoms with van der Waals surface area (Å²) in [7, 11) is 0. The number of carbonyl (C=O) groups excluding carboxylic acids is 1. The highest BCUT2D eigenvalue weighted by Gasteiger charge is 2.37. The molecule has 1 unspecified atom stereocenters. The van der Waals surface area contributed by atoms with E-state index in [1.165, 1.54) is 4.90 Å². The molecule has 3 N–H and O–H groups in total. The molecule has 0 spiro atoms. The van der Waals surface area contributed by atoms with E-state index >= 15 is 0 Å². The normalized spacial score (nSPS) is 30.9. The van der Waals surface area contributed by atoms with E-state index < -0.39 is 11.6 Å². The third-order valence-electron chi connectivity index (χ3n) is 2.36. The third-order valence-corrected chi connectivity index (χ3v) is 2.36. The van der Waals surface area contributed by atoms with Crippen molar-refractivity contribution in [3.8, 4) is 0 Å². The second kappa shape index (κ2) is 2.70. The van der Waals surface area contributed by atoms with Crippen LogP contribution in [0.2, 0.25) is 0 Å². The molecule has 0 bridgehead atoms. The SMILES string of the molecule is CC1(CO)CCCN1C(N)=O. The molecule has 0 aromatic carbocycles. The lowest BCUT2D eigenvalue weighted by Crippen LogP contribution is -2.49. The highest BCUT2D eigenvalue weighted by molar-refractivity contribution is 5.73. The molecular weight excluding hydrogens is 144 g/mol. The van der Waals surface area contributed by atoms with E-state index in [1.807, 2.05) is 6.92 Å². The zero-order valence-corrected chi connectivity index (χ0v) is 6.71. The first-order valence-corrected chi connectivity index (χ1v) is 3.78. The second-order valence-electron chi connectivity index (χ2n) is 3.25. The van der Waals surface area contributed by atoms with Crippen LogP contribution in [0.1, 0.15) is 19.8 Å². The van der Waals surface area contributed by atoms with Crippen molar-refractivity contribution in [2.24, 2.45) is 5.73 Å². The summed E-state index contributed by atoms with van der Waals surface area (Å²) in [5.41, 5.74) is 4.71. The molecule has 64 valence electrons. The van der Waals surface area contributed by atoms with Crippen LogP contribution in [0.5, 0.6) is 0 Å². The molecule has 4 nitrogen and oxygen atoms in total. The molecule has 0 aromatic heterocycles. The number of hydrogen-bond donors (Lipinski definition) is 2. The number of nitrogens with two attached hydrogens (primary N) is 1. The van der Waals surface area contributed by atoms with Crippen LogP contribution in [0.4, 0.5) is 4.79 Å². The summed E-state index contributed by atoms with van der Waals surface area (Å²) >= 11 is 0. The summed E-state index contributed by atoms with van der Waals surface area (Å²) in [6, 6.07) is -0.431. The Balaban J connectivity index is 2.72. The molecule has 0 aliphatic carbocycles. The Hall–Kier alpha value is -0.770. The Morgan fingerprint density at radius 2 is 2.45 bits per heavy atom. The molecule has 1 aliphatic rings. The lowest BCUT2D eigenvalue weighted by molar-refractivity contribution is 0.102. The fourth-order valence-corrected chi connectivity index (χ4v) is 1.56. The van der Waals surface area contributed by atoms with Gasteiger partial charge in [-0.05, 0) is 19.8 Å². The van der Waals surface area contributed by atoms with Crippen LogP contribution in [0.3, 0.4) is 0 Å². The van der Waals surface area contributed by atoms with E-state index in [2.05, 4.69) is 0 Å². The van der Waals surface area contributed by atoms with Gasteiger partial charge >= 0.3 is 6.03 Å². The van der Waals surface area contributed by atoms with Crippen molar-refractivity contribution in [3.63, 3.8) is 0 Å². The van der Waals surface area contributed by atoms with Crippen molar-refractivity contribution in [2.75, 3.05) is 13.2 Å². The molecule has 1 heterocycles. The van der Waals surface area contributed by atoms with Gasteiger partial charge < -0.3 is 15.7 Å². The molecule has 0 saturated carbocycles. The Labute approximate surface area is 66.0 Å². The van der Waals surface area contributed by atoms with E-state index in [0.717, 1.165) is 12.8 Å². The highest BCUT2D eigenvalue weighted by Crippen LogP contribution is 2.27. The number of likely N-dealkylation sites (tertiary alicyclic amines) is 1. The van der Waals surface area contributed by atoms with Gasteiger partial charge in [0.25, 0.3) is 0 Å². The Morgan fingerprint density at radius 1 is 1.82 bits per heavy atom. The smallest absolute Gasteiger partial charge is 0.315 e. The van der Waals surface area contributed by atoms with Crippen molar-refractivity contribution in [3.05, 3.63) is 0 Å². The summed E-state index contributed by atoms with van der Waals surface area (Å²) in [6.45, 7) is 2.52. The molecule has 0 aromatic rings. The summed E-state index contributed by atoms with van der Waals surface area (Å²) in [5, 5.41) is 9.00. The van der Waals surface area contributed by atoms with E-state index in [4.69, 9.17) is 10.8 Å². The van der Waals surface area contributed by atoms with Gasteiger partial charge in [-0.2, -0.15) is 0 Å². The number of rotatable bonds is 1. The first-order valence-electron chi connectivity index (χ1n) is 3.78. The molecule has 4 heteroatoms. The van der Waals surface area contributed by atoms with Crippen LogP contribution in [0.25, 0.3) is 0 Å². The van der Waals surface area contributed by atoms with Gasteiger partial charge in [0.15, 0.2) is 0 Å². The van der Waals surface area contributed by atoms with Crippen molar-refractivity contribution in [2.45, 2.75) is 25.3 Å². The van der Waals surface area contributed by atoms with Gasteiger partial charge in [-0.1, -0.05) is 0 Å². The molecule has 11 heavy (non-hydrogen) atoms. The minimum absolute atomic E-state index is 0.00403. The standard InChI is InChI=1S/C7H14N2O2/c1-7(5-10)3-2-4-9(7)6(8)11/h10H,2-5H2,1H3,(H2,8,11). The first kappa shape index (κ1) is 8.33. The maximum Gasteiger partial charge on any atom is 0.315 e. The van der Waals surface area contributed by atoms with Crippen molar-refractivity contribution < 1.29 is 9.90 Å². The average molecular weight is 158 g/mol. The van der Waals surface area contributed by atoms with E-state index in [0.29, 0.717) is 6.54 Å². The average Bonchev–Trinajstić information content (AvgIpc) is 2.32. The van der Waals surface area contributed by atoms with Crippen LogP contribution in [0.15, 0.2) is 0 Å². The van der Waals surface area contributed by atoms with E-state index in [-0.39, 0.29) is 6.61 Å². The van der Waals surface area contributed by atoms with Crippen LogP contribution < -0.4 is 5.73 Å². The monoisotopic (exact) mass is 158 g/mol. The van der Waals surface area contributed by atoms with Gasteiger partial charge in [0.2, 0.25) is 0 Å². The zero-order valence-electron chi connectivity index (χ0n) is 6.71. The number of amides is 2. The molecule has 1 saturated heterocycles. The number of aliphatic hydroxyl groups excluding tert-OH is 1.